The molecule has 0 saturated heterocycles. The van der Waals surface area contributed by atoms with E-state index in [4.69, 9.17) is 5.73 Å². The molecule has 0 bridgehead atoms. The van der Waals surface area contributed by atoms with Gasteiger partial charge < -0.3 is 10.3 Å². The number of nitrogens with zero attached hydrogens (tertiary/aromatic N) is 1. The second kappa shape index (κ2) is 4.89. The molecule has 0 fully saturated rings. The van der Waals surface area contributed by atoms with Gasteiger partial charge in [0, 0.05) is 18.0 Å². The number of hydrogen-bond acceptors (Lipinski definition) is 2. The van der Waals surface area contributed by atoms with Gasteiger partial charge in [-0.2, -0.15) is 0 Å². The van der Waals surface area contributed by atoms with Gasteiger partial charge in [-0.3, -0.25) is 4.79 Å². The first-order chi connectivity index (χ1) is 8.47. The third-order valence-electron chi connectivity index (χ3n) is 2.42. The zero-order valence-electron chi connectivity index (χ0n) is 9.16. The highest BCUT2D eigenvalue weighted by Crippen LogP contribution is 2.13. The van der Waals surface area contributed by atoms with E-state index in [9.17, 15) is 13.6 Å². The number of aromatic nitrogens is 1. The van der Waals surface area contributed by atoms with Gasteiger partial charge in [-0.1, -0.05) is 0 Å². The minimum absolute atomic E-state index is 0.0428. The molecule has 1 heterocycles. The maximum absolute atomic E-state index is 13.5. The van der Waals surface area contributed by atoms with Crippen molar-refractivity contribution in [2.75, 3.05) is 5.73 Å². The maximum Gasteiger partial charge on any atom is 0.218 e. The minimum Gasteiger partial charge on any atom is -0.394 e. The van der Waals surface area contributed by atoms with Crippen LogP contribution in [-0.2, 0) is 6.54 Å². The van der Waals surface area contributed by atoms with Crippen LogP contribution in [0.4, 0.5) is 14.5 Å². The smallest absolute Gasteiger partial charge is 0.218 e. The average Bonchev–Trinajstić information content (AvgIpc) is 2.31. The Bertz CT molecular complexity index is 629. The minimum atomic E-state index is -0.514. The topological polar surface area (TPSA) is 48.0 Å². The summed E-state index contributed by atoms with van der Waals surface area (Å²) in [4.78, 5) is 11.4. The van der Waals surface area contributed by atoms with E-state index in [0.29, 0.717) is 0 Å². The Labute approximate surface area is 110 Å². The second-order valence-electron chi connectivity index (χ2n) is 3.80. The van der Waals surface area contributed by atoms with Crippen LogP contribution in [0.5, 0.6) is 0 Å². The lowest BCUT2D eigenvalue weighted by molar-refractivity contribution is 0.576. The Morgan fingerprint density at radius 1 is 1.28 bits per heavy atom. The summed E-state index contributed by atoms with van der Waals surface area (Å²) in [5, 5.41) is 0. The van der Waals surface area contributed by atoms with Crippen molar-refractivity contribution < 1.29 is 8.78 Å². The van der Waals surface area contributed by atoms with Crippen LogP contribution in [0.15, 0.2) is 39.9 Å². The Kier molecular flexibility index (Phi) is 3.47. The third kappa shape index (κ3) is 2.59. The molecule has 2 rings (SSSR count). The summed E-state index contributed by atoms with van der Waals surface area (Å²) in [6, 6.07) is 3.22. The van der Waals surface area contributed by atoms with Crippen molar-refractivity contribution in [3.05, 3.63) is 62.5 Å². The SMILES string of the molecule is Nc1cn(Cc2cc(F)ccc2F)cc(Br)c1=O. The van der Waals surface area contributed by atoms with Crippen LogP contribution in [0.25, 0.3) is 0 Å². The molecule has 3 nitrogen and oxygen atoms in total. The highest BCUT2D eigenvalue weighted by Gasteiger charge is 2.07. The van der Waals surface area contributed by atoms with Crippen LogP contribution >= 0.6 is 15.9 Å². The molecule has 94 valence electrons. The molecule has 0 unspecified atom stereocenters. The molecule has 0 radical (unpaired) electrons. The molecule has 2 N–H and O–H groups in total. The van der Waals surface area contributed by atoms with E-state index in [1.54, 1.807) is 0 Å². The van der Waals surface area contributed by atoms with E-state index in [-0.39, 0.29) is 27.7 Å². The number of nitrogens with two attached hydrogens (primary N) is 1. The largest absolute Gasteiger partial charge is 0.394 e. The van der Waals surface area contributed by atoms with Crippen LogP contribution in [0.3, 0.4) is 0 Å². The molecule has 0 atom stereocenters. The van der Waals surface area contributed by atoms with Gasteiger partial charge in [-0.25, -0.2) is 8.78 Å². The van der Waals surface area contributed by atoms with Gasteiger partial charge in [0.1, 0.15) is 11.6 Å². The quantitative estimate of drug-likeness (QED) is 0.926. The number of pyridine rings is 1. The molecule has 0 aliphatic carbocycles. The van der Waals surface area contributed by atoms with Gasteiger partial charge in [0.25, 0.3) is 0 Å². The summed E-state index contributed by atoms with van der Waals surface area (Å²) in [6.45, 7) is 0.0900. The van der Waals surface area contributed by atoms with Crippen molar-refractivity contribution in [2.45, 2.75) is 6.54 Å². The summed E-state index contributed by atoms with van der Waals surface area (Å²) in [6.07, 6.45) is 2.86. The van der Waals surface area contributed by atoms with Crippen molar-refractivity contribution in [3.8, 4) is 0 Å². The molecule has 0 aliphatic heterocycles. The standard InChI is InChI=1S/C12H9BrF2N2O/c13-9-5-17(6-11(16)12(9)18)4-7-3-8(14)1-2-10(7)15/h1-3,5-6H,4,16H2. The summed E-state index contributed by atoms with van der Waals surface area (Å²) < 4.78 is 28.3. The zero-order chi connectivity index (χ0) is 13.3. The van der Waals surface area contributed by atoms with Crippen molar-refractivity contribution in [1.82, 2.24) is 4.57 Å². The van der Waals surface area contributed by atoms with E-state index in [1.165, 1.54) is 17.0 Å². The van der Waals surface area contributed by atoms with Gasteiger partial charge in [-0.05, 0) is 34.1 Å². The fourth-order valence-corrected chi connectivity index (χ4v) is 2.06. The highest BCUT2D eigenvalue weighted by atomic mass is 79.9. The lowest BCUT2D eigenvalue weighted by Gasteiger charge is -2.09. The molecule has 0 aliphatic rings. The Hall–Kier alpha value is -1.69. The van der Waals surface area contributed by atoms with Crippen molar-refractivity contribution in [3.63, 3.8) is 0 Å². The number of benzene rings is 1. The maximum atomic E-state index is 13.5. The molecule has 1 aromatic carbocycles. The summed E-state index contributed by atoms with van der Waals surface area (Å²) in [7, 11) is 0. The molecule has 0 spiro atoms. The van der Waals surface area contributed by atoms with E-state index in [0.717, 1.165) is 18.2 Å². The molecule has 6 heteroatoms. The normalized spacial score (nSPS) is 10.6. The lowest BCUT2D eigenvalue weighted by atomic mass is 10.2. The molecule has 18 heavy (non-hydrogen) atoms. The summed E-state index contributed by atoms with van der Waals surface area (Å²) in [5.41, 5.74) is 5.41. The number of anilines is 1. The van der Waals surface area contributed by atoms with Crippen LogP contribution < -0.4 is 11.2 Å². The van der Waals surface area contributed by atoms with Crippen LogP contribution in [0, 0.1) is 11.6 Å². The van der Waals surface area contributed by atoms with Gasteiger partial charge in [0.05, 0.1) is 16.7 Å². The zero-order valence-corrected chi connectivity index (χ0v) is 10.7. The first kappa shape index (κ1) is 12.8. The van der Waals surface area contributed by atoms with Gasteiger partial charge in [0.15, 0.2) is 0 Å². The van der Waals surface area contributed by atoms with Gasteiger partial charge >= 0.3 is 0 Å². The van der Waals surface area contributed by atoms with Gasteiger partial charge in [0.2, 0.25) is 5.43 Å². The fourth-order valence-electron chi connectivity index (χ4n) is 1.57. The number of hydrogen-bond donors (Lipinski definition) is 1. The van der Waals surface area contributed by atoms with E-state index >= 15 is 0 Å². The lowest BCUT2D eigenvalue weighted by Crippen LogP contribution is -2.14. The van der Waals surface area contributed by atoms with E-state index < -0.39 is 11.6 Å². The molecule has 0 amide bonds. The highest BCUT2D eigenvalue weighted by molar-refractivity contribution is 9.10. The van der Waals surface area contributed by atoms with Crippen LogP contribution in [-0.4, -0.2) is 4.57 Å². The predicted octanol–water partition coefficient (Wildman–Crippen LogP) is 2.52. The Morgan fingerprint density at radius 3 is 2.67 bits per heavy atom. The van der Waals surface area contributed by atoms with Crippen LogP contribution in [0.2, 0.25) is 0 Å². The molecular weight excluding hydrogens is 306 g/mol. The average molecular weight is 315 g/mol. The first-order valence-electron chi connectivity index (χ1n) is 5.06. The number of rotatable bonds is 2. The Balaban J connectivity index is 2.40. The van der Waals surface area contributed by atoms with E-state index in [2.05, 4.69) is 15.9 Å². The number of nitrogen functional groups attached to an aromatic ring is 1. The molecule has 1 aromatic heterocycles. The Morgan fingerprint density at radius 2 is 2.00 bits per heavy atom. The molecule has 2 aromatic rings. The summed E-state index contributed by atoms with van der Waals surface area (Å²) in [5.74, 6) is -1.02. The van der Waals surface area contributed by atoms with Crippen molar-refractivity contribution >= 4 is 21.6 Å². The number of halogens is 3. The van der Waals surface area contributed by atoms with Gasteiger partial charge in [-0.15, -0.1) is 0 Å². The molecular formula is C12H9BrF2N2O. The van der Waals surface area contributed by atoms with Crippen molar-refractivity contribution in [1.29, 1.82) is 0 Å². The fraction of sp³-hybridized carbons (Fsp3) is 0.0833. The monoisotopic (exact) mass is 314 g/mol. The predicted molar refractivity (Wildman–Crippen MR) is 68.3 cm³/mol. The molecule has 0 saturated carbocycles. The third-order valence-corrected chi connectivity index (χ3v) is 2.99. The summed E-state index contributed by atoms with van der Waals surface area (Å²) >= 11 is 3.06. The van der Waals surface area contributed by atoms with Crippen molar-refractivity contribution in [2.24, 2.45) is 0 Å². The second-order valence-corrected chi connectivity index (χ2v) is 4.65. The van der Waals surface area contributed by atoms with Crippen LogP contribution in [0.1, 0.15) is 5.56 Å². The van der Waals surface area contributed by atoms with E-state index in [1.807, 2.05) is 0 Å². The first-order valence-corrected chi connectivity index (χ1v) is 5.85.